The molecule has 0 aliphatic carbocycles. The van der Waals surface area contributed by atoms with Crippen molar-refractivity contribution in [2.24, 2.45) is 11.3 Å². The molecule has 22 heteroatoms. The van der Waals surface area contributed by atoms with Crippen molar-refractivity contribution < 1.29 is 56.6 Å². The summed E-state index contributed by atoms with van der Waals surface area (Å²) >= 11 is 0. The molecular formula is C9H19F6N5O7S4. The predicted octanol–water partition coefficient (Wildman–Crippen LogP) is 1.82. The number of rotatable bonds is 9. The second kappa shape index (κ2) is 10.0. The van der Waals surface area contributed by atoms with Crippen molar-refractivity contribution in [2.75, 3.05) is 34.3 Å². The Balaban J connectivity index is 7.72. The Bertz CT molecular complexity index is 1110. The zero-order valence-corrected chi connectivity index (χ0v) is 19.7. The van der Waals surface area contributed by atoms with Crippen molar-refractivity contribution in [2.45, 2.75) is 24.9 Å². The van der Waals surface area contributed by atoms with Crippen molar-refractivity contribution >= 4 is 40.2 Å². The molecule has 0 aromatic carbocycles. The van der Waals surface area contributed by atoms with Crippen LogP contribution in [0.5, 0.6) is 0 Å². The van der Waals surface area contributed by atoms with Gasteiger partial charge in [-0.3, -0.25) is 0 Å². The quantitative estimate of drug-likeness (QED) is 0.241. The largest absolute Gasteiger partial charge is 0.519 e. The lowest BCUT2D eigenvalue weighted by Gasteiger charge is -2.21. The molecule has 0 aromatic rings. The van der Waals surface area contributed by atoms with Gasteiger partial charge < -0.3 is 0 Å². The zero-order chi connectivity index (χ0) is 25.1. The number of nitrogens with zero attached hydrogens (tertiary/aromatic N) is 5. The average Bonchev–Trinajstić information content (AvgIpc) is 2.57. The summed E-state index contributed by atoms with van der Waals surface area (Å²) in [5.74, 6) is 0. The molecule has 31 heavy (non-hydrogen) atoms. The van der Waals surface area contributed by atoms with Crippen molar-refractivity contribution in [3.63, 3.8) is 0 Å². The molecule has 188 valence electrons. The van der Waals surface area contributed by atoms with Gasteiger partial charge in [-0.05, 0) is 0 Å². The number of hydrogen-bond donors (Lipinski definition) is 0. The van der Waals surface area contributed by atoms with Crippen LogP contribution in [0.4, 0.5) is 26.3 Å². The van der Waals surface area contributed by atoms with E-state index in [1.165, 1.54) is 0 Å². The van der Waals surface area contributed by atoms with E-state index in [1.807, 2.05) is 0 Å². The first-order valence-corrected chi connectivity index (χ1v) is 13.3. The van der Waals surface area contributed by atoms with Crippen LogP contribution in [-0.2, 0) is 49.5 Å². The monoisotopic (exact) mass is 551 g/mol. The van der Waals surface area contributed by atoms with Crippen LogP contribution >= 0.6 is 0 Å². The van der Waals surface area contributed by atoms with Gasteiger partial charge in [0.25, 0.3) is 0 Å². The topological polar surface area (TPSA) is 147 Å². The maximum atomic E-state index is 13.2. The van der Waals surface area contributed by atoms with Gasteiger partial charge in [0.15, 0.2) is 0 Å². The molecule has 0 rings (SSSR count). The molecule has 0 amide bonds. The molecule has 0 saturated carbocycles. The highest BCUT2D eigenvalue weighted by Gasteiger charge is 2.49. The Labute approximate surface area is 176 Å². The van der Waals surface area contributed by atoms with Crippen LogP contribution in [0.3, 0.4) is 0 Å². The van der Waals surface area contributed by atoms with Gasteiger partial charge in [0.05, 0.1) is 7.11 Å². The summed E-state index contributed by atoms with van der Waals surface area (Å²) in [7, 11) is -20.9. The molecule has 0 saturated heterocycles. The summed E-state index contributed by atoms with van der Waals surface area (Å²) in [6.07, 6.45) is 0. The van der Waals surface area contributed by atoms with Crippen LogP contribution in [0.25, 0.3) is 0 Å². The lowest BCUT2D eigenvalue weighted by Crippen LogP contribution is -2.34. The Morgan fingerprint density at radius 1 is 0.742 bits per heavy atom. The van der Waals surface area contributed by atoms with E-state index in [0.29, 0.717) is 11.4 Å². The predicted molar refractivity (Wildman–Crippen MR) is 97.4 cm³/mol. The van der Waals surface area contributed by atoms with E-state index in [-0.39, 0.29) is 4.31 Å². The molecule has 12 nitrogen and oxygen atoms in total. The summed E-state index contributed by atoms with van der Waals surface area (Å²) < 4.78 is 150. The highest BCUT2D eigenvalue weighted by atomic mass is 32.3. The van der Waals surface area contributed by atoms with E-state index in [0.717, 1.165) is 27.9 Å². The minimum atomic E-state index is -6.52. The van der Waals surface area contributed by atoms with Gasteiger partial charge in [-0.1, -0.05) is 25.2 Å². The summed E-state index contributed by atoms with van der Waals surface area (Å²) in [5.41, 5.74) is -11.9. The fraction of sp³-hybridized carbons (Fsp3) is 1.00. The lowest BCUT2D eigenvalue weighted by molar-refractivity contribution is -0.184. The van der Waals surface area contributed by atoms with Crippen molar-refractivity contribution in [3.8, 4) is 0 Å². The second-order valence-corrected chi connectivity index (χ2v) is 13.0. The van der Waals surface area contributed by atoms with Crippen molar-refractivity contribution in [1.29, 1.82) is 0 Å². The summed E-state index contributed by atoms with van der Waals surface area (Å²) in [6.45, 7) is 1.28. The second-order valence-electron chi connectivity index (χ2n) is 5.13. The Morgan fingerprint density at radius 2 is 1.13 bits per heavy atom. The summed E-state index contributed by atoms with van der Waals surface area (Å²) in [5, 5.41) is 0. The molecule has 0 spiro atoms. The minimum Gasteiger partial charge on any atom is -0.224 e. The van der Waals surface area contributed by atoms with Crippen LogP contribution in [0.2, 0.25) is 0 Å². The Hall–Kier alpha value is -0.780. The first-order chi connectivity index (χ1) is 13.6. The fourth-order valence-electron chi connectivity index (χ4n) is 1.20. The van der Waals surface area contributed by atoms with Gasteiger partial charge in [0.1, 0.15) is 0 Å². The third-order valence-corrected chi connectivity index (χ3v) is 11.3. The summed E-state index contributed by atoms with van der Waals surface area (Å²) in [4.78, 5) is 3.69. The maximum Gasteiger partial charge on any atom is 0.519 e. The van der Waals surface area contributed by atoms with Crippen LogP contribution in [-0.4, -0.2) is 75.0 Å². The molecule has 3 unspecified atom stereocenters. The highest BCUT2D eigenvalue weighted by Crippen LogP contribution is 2.31. The van der Waals surface area contributed by atoms with E-state index in [9.17, 15) is 47.4 Å². The van der Waals surface area contributed by atoms with Gasteiger partial charge in [-0.15, -0.1) is 4.33 Å². The SMILES string of the molecule is CCN(C)S(=O)(=NS(=O)(=O)C(F)(F)F)N=S(=O)(N=S(=O)(OOC)C(F)(F)F)N(C)CC. The smallest absolute Gasteiger partial charge is 0.224 e. The van der Waals surface area contributed by atoms with E-state index in [4.69, 9.17) is 0 Å². The molecule has 0 radical (unpaired) electrons. The molecule has 3 atom stereocenters. The molecule has 0 N–H and O–H groups in total. The van der Waals surface area contributed by atoms with Crippen LogP contribution in [0, 0.1) is 0 Å². The average molecular weight is 552 g/mol. The molecule has 0 aliphatic heterocycles. The number of hydrogen-bond acceptors (Lipinski definition) is 7. The van der Waals surface area contributed by atoms with Crippen LogP contribution < -0.4 is 0 Å². The standard InChI is InChI=1S/C9H19F6N5O7S4/c1-6-19(3)30(24,16-28(21,22)8(10,11)12)18-31(25,20(4)7-2)17-29(23,27-26-5)9(13,14)15/h6-7H2,1-5H3. The molecule has 0 aliphatic rings. The van der Waals surface area contributed by atoms with Gasteiger partial charge >= 0.3 is 31.0 Å². The summed E-state index contributed by atoms with van der Waals surface area (Å²) in [6, 6.07) is 0. The number of sulfonamides is 1. The van der Waals surface area contributed by atoms with Gasteiger partial charge in [-0.25, -0.2) is 26.1 Å². The van der Waals surface area contributed by atoms with Gasteiger partial charge in [0.2, 0.25) is 20.2 Å². The molecule has 0 heterocycles. The van der Waals surface area contributed by atoms with E-state index >= 15 is 0 Å². The van der Waals surface area contributed by atoms with E-state index < -0.39 is 64.3 Å². The van der Waals surface area contributed by atoms with Crippen LogP contribution in [0.15, 0.2) is 11.3 Å². The number of alkyl halides is 6. The van der Waals surface area contributed by atoms with Crippen molar-refractivity contribution in [3.05, 3.63) is 0 Å². The first-order valence-electron chi connectivity index (χ1n) is 7.52. The third kappa shape index (κ3) is 7.10. The highest BCUT2D eigenvalue weighted by molar-refractivity contribution is 8.08. The molecule has 0 fully saturated rings. The Kier molecular flexibility index (Phi) is 9.76. The minimum absolute atomic E-state index is 0.265. The normalized spacial score (nSPS) is 19.4. The van der Waals surface area contributed by atoms with Crippen molar-refractivity contribution in [1.82, 2.24) is 8.61 Å². The first kappa shape index (κ1) is 30.2. The molecule has 0 bridgehead atoms. The van der Waals surface area contributed by atoms with Gasteiger partial charge in [0, 0.05) is 27.2 Å². The molecule has 0 aromatic heterocycles. The maximum absolute atomic E-state index is 13.2. The third-order valence-electron chi connectivity index (χ3n) is 3.03. The molecular weight excluding hydrogens is 532 g/mol. The zero-order valence-electron chi connectivity index (χ0n) is 16.4. The lowest BCUT2D eigenvalue weighted by atomic mass is 10.8. The Morgan fingerprint density at radius 3 is 1.42 bits per heavy atom. The fourth-order valence-corrected chi connectivity index (χ4v) is 8.50. The number of halogens is 6. The van der Waals surface area contributed by atoms with E-state index in [1.54, 1.807) is 0 Å². The van der Waals surface area contributed by atoms with Crippen LogP contribution in [0.1, 0.15) is 13.8 Å². The van der Waals surface area contributed by atoms with Gasteiger partial charge in [-0.2, -0.15) is 34.8 Å². The van der Waals surface area contributed by atoms with E-state index in [2.05, 4.69) is 20.5 Å².